The van der Waals surface area contributed by atoms with Gasteiger partial charge in [0.15, 0.2) is 11.0 Å². The predicted molar refractivity (Wildman–Crippen MR) is 125 cm³/mol. The maximum Gasteiger partial charge on any atom is 0.254 e. The second-order valence-corrected chi connectivity index (χ2v) is 9.23. The summed E-state index contributed by atoms with van der Waals surface area (Å²) in [6, 6.07) is 27.0. The fraction of sp³-hybridized carbons (Fsp3) is 0.231. The normalized spacial score (nSPS) is 26.0. The summed E-state index contributed by atoms with van der Waals surface area (Å²) in [5, 5.41) is 45.4. The number of nitriles is 2. The maximum atomic E-state index is 12.6. The lowest BCUT2D eigenvalue weighted by atomic mass is 9.51. The molecule has 0 radical (unpaired) electrons. The Morgan fingerprint density at radius 3 is 1.97 bits per heavy atom. The minimum absolute atomic E-state index is 0.138. The Hall–Kier alpha value is -3.52. The molecule has 3 aromatic rings. The zero-order valence-electron chi connectivity index (χ0n) is 17.5. The van der Waals surface area contributed by atoms with Crippen molar-refractivity contribution in [1.29, 1.82) is 10.5 Å². The van der Waals surface area contributed by atoms with Crippen LogP contribution in [0.4, 0.5) is 0 Å². The van der Waals surface area contributed by atoms with Crippen LogP contribution in [0.1, 0.15) is 34.9 Å². The summed E-state index contributed by atoms with van der Waals surface area (Å²) >= 11 is 3.37. The van der Waals surface area contributed by atoms with E-state index in [9.17, 15) is 25.7 Å². The lowest BCUT2D eigenvalue weighted by molar-refractivity contribution is -0.559. The molecular weight excluding hydrogens is 482 g/mol. The summed E-state index contributed by atoms with van der Waals surface area (Å²) in [4.78, 5) is 12.0. The van der Waals surface area contributed by atoms with Crippen molar-refractivity contribution in [3.05, 3.63) is 116 Å². The molecule has 164 valence electrons. The van der Waals surface area contributed by atoms with Crippen LogP contribution in [0.15, 0.2) is 89.4 Å². The summed E-state index contributed by atoms with van der Waals surface area (Å²) in [5.41, 5.74) is -2.15. The summed E-state index contributed by atoms with van der Waals surface area (Å²) in [7, 11) is 0. The molecule has 0 amide bonds. The number of hydrogen-bond donors (Lipinski definition) is 1. The van der Waals surface area contributed by atoms with E-state index in [1.54, 1.807) is 78.9 Å². The van der Waals surface area contributed by atoms with Gasteiger partial charge < -0.3 is 5.11 Å². The van der Waals surface area contributed by atoms with Gasteiger partial charge in [-0.15, -0.1) is 0 Å². The van der Waals surface area contributed by atoms with E-state index in [1.165, 1.54) is 0 Å². The van der Waals surface area contributed by atoms with Gasteiger partial charge in [0, 0.05) is 15.3 Å². The molecule has 1 N–H and O–H groups in total. The molecule has 0 aromatic heterocycles. The summed E-state index contributed by atoms with van der Waals surface area (Å²) < 4.78 is 0.761. The molecule has 0 aliphatic heterocycles. The first-order valence-electron chi connectivity index (χ1n) is 10.4. The zero-order chi connectivity index (χ0) is 23.6. The number of benzene rings is 3. The van der Waals surface area contributed by atoms with Crippen molar-refractivity contribution in [2.45, 2.75) is 29.9 Å². The first-order chi connectivity index (χ1) is 15.9. The van der Waals surface area contributed by atoms with Crippen LogP contribution in [0.3, 0.4) is 0 Å². The van der Waals surface area contributed by atoms with Gasteiger partial charge in [0.2, 0.25) is 0 Å². The Morgan fingerprint density at radius 1 is 0.909 bits per heavy atom. The molecule has 33 heavy (non-hydrogen) atoms. The van der Waals surface area contributed by atoms with E-state index >= 15 is 0 Å². The Morgan fingerprint density at radius 2 is 1.45 bits per heavy atom. The molecule has 4 atom stereocenters. The quantitative estimate of drug-likeness (QED) is 0.385. The average molecular weight is 502 g/mol. The van der Waals surface area contributed by atoms with Gasteiger partial charge in [-0.3, -0.25) is 10.1 Å². The molecule has 1 aliphatic carbocycles. The number of nitrogens with zero attached hydrogens (tertiary/aromatic N) is 3. The highest BCUT2D eigenvalue weighted by atomic mass is 79.9. The Kier molecular flexibility index (Phi) is 6.03. The molecule has 0 spiro atoms. The lowest BCUT2D eigenvalue weighted by Crippen LogP contribution is -2.59. The molecule has 1 fully saturated rings. The van der Waals surface area contributed by atoms with Gasteiger partial charge in [-0.05, 0) is 35.2 Å². The van der Waals surface area contributed by atoms with Gasteiger partial charge in [-0.1, -0.05) is 88.7 Å². The van der Waals surface area contributed by atoms with Gasteiger partial charge in [0.1, 0.15) is 0 Å². The minimum atomic E-state index is -1.90. The number of nitro groups is 1. The fourth-order valence-corrected chi connectivity index (χ4v) is 5.41. The number of aliphatic hydroxyl groups is 1. The molecule has 3 aromatic carbocycles. The molecule has 1 aliphatic rings. The standard InChI is InChI=1S/C26H20BrN3O3/c27-21-13-11-19(12-14-21)23-24(30(32)33)26(31,20-9-5-2-6-10-20)15-22(25(23,16-28)17-29)18-7-3-1-4-8-18/h1-14,22-24,31H,15H2/t22?,23-,24-,26-/m1/s1. The van der Waals surface area contributed by atoms with Crippen LogP contribution < -0.4 is 0 Å². The molecular formula is C26H20BrN3O3. The summed E-state index contributed by atoms with van der Waals surface area (Å²) in [6.45, 7) is 0. The topological polar surface area (TPSA) is 111 Å². The molecule has 7 heteroatoms. The van der Waals surface area contributed by atoms with Gasteiger partial charge in [-0.25, -0.2) is 0 Å². The van der Waals surface area contributed by atoms with E-state index < -0.39 is 33.8 Å². The SMILES string of the molecule is N#CC1(C#N)C(c2ccccc2)C[C@@](O)(c2ccccc2)[C@H]([N+](=O)[O-])[C@H]1c1ccc(Br)cc1. The Balaban J connectivity index is 2.06. The van der Waals surface area contributed by atoms with Crippen LogP contribution >= 0.6 is 15.9 Å². The second-order valence-electron chi connectivity index (χ2n) is 8.31. The third-order valence-corrected chi connectivity index (χ3v) is 7.19. The molecule has 4 rings (SSSR count). The van der Waals surface area contributed by atoms with Crippen molar-refractivity contribution < 1.29 is 10.0 Å². The first kappa shape index (κ1) is 22.7. The van der Waals surface area contributed by atoms with E-state index in [0.29, 0.717) is 16.7 Å². The first-order valence-corrected chi connectivity index (χ1v) is 11.2. The smallest absolute Gasteiger partial charge is 0.254 e. The zero-order valence-corrected chi connectivity index (χ0v) is 19.1. The number of rotatable bonds is 4. The number of hydrogen-bond acceptors (Lipinski definition) is 5. The van der Waals surface area contributed by atoms with Crippen molar-refractivity contribution in [3.63, 3.8) is 0 Å². The molecule has 0 saturated heterocycles. The van der Waals surface area contributed by atoms with Crippen molar-refractivity contribution in [2.75, 3.05) is 0 Å². The van der Waals surface area contributed by atoms with Crippen molar-refractivity contribution >= 4 is 15.9 Å². The molecule has 0 bridgehead atoms. The van der Waals surface area contributed by atoms with Crippen molar-refractivity contribution in [3.8, 4) is 12.1 Å². The largest absolute Gasteiger partial charge is 0.378 e. The molecule has 6 nitrogen and oxygen atoms in total. The maximum absolute atomic E-state index is 12.6. The van der Waals surface area contributed by atoms with Crippen molar-refractivity contribution in [2.24, 2.45) is 5.41 Å². The van der Waals surface area contributed by atoms with E-state index in [0.717, 1.165) is 4.47 Å². The predicted octanol–water partition coefficient (Wildman–Crippen LogP) is 5.29. The van der Waals surface area contributed by atoms with E-state index in [1.807, 2.05) is 6.07 Å². The van der Waals surface area contributed by atoms with E-state index in [4.69, 9.17) is 0 Å². The summed E-state index contributed by atoms with van der Waals surface area (Å²) in [5.74, 6) is -1.94. The van der Waals surface area contributed by atoms with E-state index in [-0.39, 0.29) is 6.42 Å². The number of halogens is 1. The van der Waals surface area contributed by atoms with Crippen LogP contribution in [-0.4, -0.2) is 16.1 Å². The fourth-order valence-electron chi connectivity index (χ4n) is 5.15. The highest BCUT2D eigenvalue weighted by Crippen LogP contribution is 2.60. The third-order valence-electron chi connectivity index (χ3n) is 6.66. The minimum Gasteiger partial charge on any atom is -0.378 e. The van der Waals surface area contributed by atoms with Crippen LogP contribution in [0.2, 0.25) is 0 Å². The highest BCUT2D eigenvalue weighted by molar-refractivity contribution is 9.10. The second kappa shape index (κ2) is 8.78. The van der Waals surface area contributed by atoms with Crippen LogP contribution in [-0.2, 0) is 5.60 Å². The third kappa shape index (κ3) is 3.70. The highest BCUT2D eigenvalue weighted by Gasteiger charge is 2.67. The van der Waals surface area contributed by atoms with Crippen LogP contribution in [0, 0.1) is 38.2 Å². The van der Waals surface area contributed by atoms with Gasteiger partial charge >= 0.3 is 0 Å². The van der Waals surface area contributed by atoms with Crippen LogP contribution in [0.5, 0.6) is 0 Å². The Bertz CT molecular complexity index is 1220. The molecule has 0 heterocycles. The van der Waals surface area contributed by atoms with Crippen molar-refractivity contribution in [1.82, 2.24) is 0 Å². The van der Waals surface area contributed by atoms with Gasteiger partial charge in [-0.2, -0.15) is 10.5 Å². The molecule has 1 saturated carbocycles. The summed E-state index contributed by atoms with van der Waals surface area (Å²) in [6.07, 6.45) is -0.138. The Labute approximate surface area is 200 Å². The monoisotopic (exact) mass is 501 g/mol. The van der Waals surface area contributed by atoms with E-state index in [2.05, 4.69) is 28.1 Å². The van der Waals surface area contributed by atoms with Crippen LogP contribution in [0.25, 0.3) is 0 Å². The van der Waals surface area contributed by atoms with Gasteiger partial charge in [0.05, 0.1) is 18.1 Å². The van der Waals surface area contributed by atoms with Gasteiger partial charge in [0.25, 0.3) is 6.04 Å². The average Bonchev–Trinajstić information content (AvgIpc) is 2.85. The molecule has 1 unspecified atom stereocenters. The lowest BCUT2D eigenvalue weighted by Gasteiger charge is -2.49.